The molecule has 1 aromatic heterocycles. The second-order valence-corrected chi connectivity index (χ2v) is 3.78. The lowest BCUT2D eigenvalue weighted by Crippen LogP contribution is -2.23. The predicted molar refractivity (Wildman–Crippen MR) is 60.6 cm³/mol. The molecule has 0 amide bonds. The van der Waals surface area contributed by atoms with Crippen LogP contribution < -0.4 is 11.1 Å². The standard InChI is InChI=1S/C11H16F3N3/c1-2-8(15)5-7-17-10-9(11(12,13)14)4-3-6-16-10/h3-4,6,8H,2,5,7,15H2,1H3,(H,16,17). The SMILES string of the molecule is CCC(N)CCNc1ncccc1C(F)(F)F. The van der Waals surface area contributed by atoms with Crippen LogP contribution in [0.25, 0.3) is 0 Å². The monoisotopic (exact) mass is 247 g/mol. The molecular formula is C11H16F3N3. The highest BCUT2D eigenvalue weighted by Crippen LogP contribution is 2.33. The first kappa shape index (κ1) is 13.8. The van der Waals surface area contributed by atoms with Crippen LogP contribution in [0.4, 0.5) is 19.0 Å². The normalized spacial score (nSPS) is 13.5. The molecule has 3 N–H and O–H groups in total. The Morgan fingerprint density at radius 2 is 2.18 bits per heavy atom. The van der Waals surface area contributed by atoms with Gasteiger partial charge in [0.1, 0.15) is 5.82 Å². The third-order valence-corrected chi connectivity index (χ3v) is 2.45. The quantitative estimate of drug-likeness (QED) is 0.841. The average molecular weight is 247 g/mol. The highest BCUT2D eigenvalue weighted by molar-refractivity contribution is 5.45. The van der Waals surface area contributed by atoms with Gasteiger partial charge in [0.05, 0.1) is 5.56 Å². The number of hydrogen-bond acceptors (Lipinski definition) is 3. The summed E-state index contributed by atoms with van der Waals surface area (Å²) in [5, 5.41) is 2.67. The van der Waals surface area contributed by atoms with Crippen molar-refractivity contribution in [2.24, 2.45) is 5.73 Å². The molecule has 1 rings (SSSR count). The van der Waals surface area contributed by atoms with Gasteiger partial charge in [-0.25, -0.2) is 4.98 Å². The second kappa shape index (κ2) is 5.86. The molecule has 0 aliphatic carbocycles. The van der Waals surface area contributed by atoms with E-state index in [1.807, 2.05) is 6.92 Å². The summed E-state index contributed by atoms with van der Waals surface area (Å²) in [6.07, 6.45) is -1.64. The van der Waals surface area contributed by atoms with Crippen LogP contribution >= 0.6 is 0 Å². The smallest absolute Gasteiger partial charge is 0.370 e. The maximum Gasteiger partial charge on any atom is 0.419 e. The van der Waals surface area contributed by atoms with Gasteiger partial charge in [-0.1, -0.05) is 6.92 Å². The number of nitrogens with one attached hydrogen (secondary N) is 1. The Morgan fingerprint density at radius 3 is 2.76 bits per heavy atom. The van der Waals surface area contributed by atoms with Crippen molar-refractivity contribution in [2.75, 3.05) is 11.9 Å². The Labute approximate surface area is 98.2 Å². The molecule has 0 aliphatic heterocycles. The number of nitrogens with two attached hydrogens (primary N) is 1. The van der Waals surface area contributed by atoms with E-state index >= 15 is 0 Å². The molecule has 0 fully saturated rings. The Kier molecular flexibility index (Phi) is 4.74. The van der Waals surface area contributed by atoms with Gasteiger partial charge >= 0.3 is 6.18 Å². The van der Waals surface area contributed by atoms with Crippen molar-refractivity contribution in [1.82, 2.24) is 4.98 Å². The molecule has 0 saturated heterocycles. The van der Waals surface area contributed by atoms with Gasteiger partial charge in [-0.05, 0) is 25.0 Å². The molecule has 0 bridgehead atoms. The van der Waals surface area contributed by atoms with E-state index in [0.717, 1.165) is 12.5 Å². The van der Waals surface area contributed by atoms with Crippen molar-refractivity contribution >= 4 is 5.82 Å². The van der Waals surface area contributed by atoms with Crippen LogP contribution in [0.5, 0.6) is 0 Å². The Bertz CT molecular complexity index is 352. The number of rotatable bonds is 5. The van der Waals surface area contributed by atoms with Gasteiger partial charge in [0.25, 0.3) is 0 Å². The van der Waals surface area contributed by atoms with Gasteiger partial charge in [-0.15, -0.1) is 0 Å². The van der Waals surface area contributed by atoms with E-state index in [-0.39, 0.29) is 11.9 Å². The number of halogens is 3. The number of aromatic nitrogens is 1. The van der Waals surface area contributed by atoms with E-state index in [2.05, 4.69) is 10.3 Å². The molecule has 1 unspecified atom stereocenters. The lowest BCUT2D eigenvalue weighted by atomic mass is 10.1. The van der Waals surface area contributed by atoms with Gasteiger partial charge in [0.15, 0.2) is 0 Å². The molecule has 0 aromatic carbocycles. The molecule has 0 spiro atoms. The number of alkyl halides is 3. The lowest BCUT2D eigenvalue weighted by Gasteiger charge is -2.14. The molecule has 1 heterocycles. The van der Waals surface area contributed by atoms with Crippen LogP contribution in [-0.4, -0.2) is 17.6 Å². The van der Waals surface area contributed by atoms with Crippen molar-refractivity contribution in [3.8, 4) is 0 Å². The number of hydrogen-bond donors (Lipinski definition) is 2. The minimum absolute atomic E-state index is 0.000508. The fourth-order valence-corrected chi connectivity index (χ4v) is 1.36. The number of anilines is 1. The summed E-state index contributed by atoms with van der Waals surface area (Å²) in [5.74, 6) is -0.136. The average Bonchev–Trinajstić information content (AvgIpc) is 2.28. The summed E-state index contributed by atoms with van der Waals surface area (Å²) in [6.45, 7) is 2.32. The summed E-state index contributed by atoms with van der Waals surface area (Å²) in [6, 6.07) is 2.28. The lowest BCUT2D eigenvalue weighted by molar-refractivity contribution is -0.137. The summed E-state index contributed by atoms with van der Waals surface area (Å²) in [7, 11) is 0. The van der Waals surface area contributed by atoms with Crippen molar-refractivity contribution in [1.29, 1.82) is 0 Å². The highest BCUT2D eigenvalue weighted by Gasteiger charge is 2.33. The number of pyridine rings is 1. The van der Waals surface area contributed by atoms with Crippen molar-refractivity contribution < 1.29 is 13.2 Å². The van der Waals surface area contributed by atoms with Gasteiger partial charge in [0.2, 0.25) is 0 Å². The van der Waals surface area contributed by atoms with Crippen molar-refractivity contribution in [3.63, 3.8) is 0 Å². The molecular weight excluding hydrogens is 231 g/mol. The van der Waals surface area contributed by atoms with Gasteiger partial charge in [-0.2, -0.15) is 13.2 Å². The fourth-order valence-electron chi connectivity index (χ4n) is 1.36. The van der Waals surface area contributed by atoms with Crippen LogP contribution in [0.1, 0.15) is 25.3 Å². The molecule has 17 heavy (non-hydrogen) atoms. The molecule has 96 valence electrons. The third kappa shape index (κ3) is 4.22. The molecule has 6 heteroatoms. The second-order valence-electron chi connectivity index (χ2n) is 3.78. The summed E-state index contributed by atoms with van der Waals surface area (Å²) >= 11 is 0. The largest absolute Gasteiger partial charge is 0.419 e. The van der Waals surface area contributed by atoms with Crippen LogP contribution in [0.3, 0.4) is 0 Å². The molecule has 1 aromatic rings. The highest BCUT2D eigenvalue weighted by atomic mass is 19.4. The minimum Gasteiger partial charge on any atom is -0.370 e. The third-order valence-electron chi connectivity index (χ3n) is 2.45. The van der Waals surface area contributed by atoms with Gasteiger partial charge in [0, 0.05) is 18.8 Å². The maximum atomic E-state index is 12.6. The summed E-state index contributed by atoms with van der Waals surface area (Å²) in [5.41, 5.74) is 4.93. The zero-order chi connectivity index (χ0) is 12.9. The summed E-state index contributed by atoms with van der Waals surface area (Å²) < 4.78 is 37.8. The van der Waals surface area contributed by atoms with Gasteiger partial charge in [-0.3, -0.25) is 0 Å². The fraction of sp³-hybridized carbons (Fsp3) is 0.545. The topological polar surface area (TPSA) is 50.9 Å². The molecule has 1 atom stereocenters. The molecule has 0 radical (unpaired) electrons. The van der Waals surface area contributed by atoms with E-state index in [9.17, 15) is 13.2 Å². The molecule has 0 saturated carbocycles. The van der Waals surface area contributed by atoms with Crippen LogP contribution in [0.15, 0.2) is 18.3 Å². The van der Waals surface area contributed by atoms with E-state index in [1.54, 1.807) is 0 Å². The Hall–Kier alpha value is -1.30. The van der Waals surface area contributed by atoms with E-state index in [1.165, 1.54) is 12.3 Å². The van der Waals surface area contributed by atoms with Crippen LogP contribution in [-0.2, 0) is 6.18 Å². The van der Waals surface area contributed by atoms with Crippen molar-refractivity contribution in [3.05, 3.63) is 23.9 Å². The van der Waals surface area contributed by atoms with E-state index in [0.29, 0.717) is 13.0 Å². The van der Waals surface area contributed by atoms with Gasteiger partial charge < -0.3 is 11.1 Å². The first-order chi connectivity index (χ1) is 7.95. The molecule has 0 aliphatic rings. The first-order valence-corrected chi connectivity index (χ1v) is 5.46. The Morgan fingerprint density at radius 1 is 1.47 bits per heavy atom. The summed E-state index contributed by atoms with van der Waals surface area (Å²) in [4.78, 5) is 3.70. The van der Waals surface area contributed by atoms with Crippen LogP contribution in [0, 0.1) is 0 Å². The zero-order valence-electron chi connectivity index (χ0n) is 9.59. The van der Waals surface area contributed by atoms with E-state index < -0.39 is 11.7 Å². The predicted octanol–water partition coefficient (Wildman–Crippen LogP) is 2.64. The number of nitrogens with zero attached hydrogens (tertiary/aromatic N) is 1. The van der Waals surface area contributed by atoms with Crippen LogP contribution in [0.2, 0.25) is 0 Å². The Balaban J connectivity index is 2.65. The zero-order valence-corrected chi connectivity index (χ0v) is 9.59. The van der Waals surface area contributed by atoms with Crippen molar-refractivity contribution in [2.45, 2.75) is 32.0 Å². The molecule has 3 nitrogen and oxygen atoms in total. The minimum atomic E-state index is -4.39. The van der Waals surface area contributed by atoms with E-state index in [4.69, 9.17) is 5.73 Å². The maximum absolute atomic E-state index is 12.6. The first-order valence-electron chi connectivity index (χ1n) is 5.46.